The van der Waals surface area contributed by atoms with Gasteiger partial charge in [0.05, 0.1) is 17.3 Å². The summed E-state index contributed by atoms with van der Waals surface area (Å²) >= 11 is 1.63. The number of rotatable bonds is 6. The van der Waals surface area contributed by atoms with Gasteiger partial charge < -0.3 is 20.1 Å². The number of likely N-dealkylation sites (tertiary alicyclic amines) is 1. The van der Waals surface area contributed by atoms with Crippen molar-refractivity contribution in [3.8, 4) is 11.3 Å². The zero-order valence-corrected chi connectivity index (χ0v) is 23.6. The van der Waals surface area contributed by atoms with Gasteiger partial charge in [0, 0.05) is 52.9 Å². The van der Waals surface area contributed by atoms with Crippen molar-refractivity contribution in [1.82, 2.24) is 18.8 Å². The van der Waals surface area contributed by atoms with Gasteiger partial charge in [-0.1, -0.05) is 36.4 Å². The Kier molecular flexibility index (Phi) is 7.81. The topological polar surface area (TPSA) is 92.5 Å². The quantitative estimate of drug-likeness (QED) is 0.285. The number of fused-ring (bicyclic) bond motifs is 1. The van der Waals surface area contributed by atoms with E-state index in [1.54, 1.807) is 30.0 Å². The van der Waals surface area contributed by atoms with Crippen LogP contribution >= 0.6 is 11.9 Å². The summed E-state index contributed by atoms with van der Waals surface area (Å²) in [6.45, 7) is 8.53. The first kappa shape index (κ1) is 27.0. The number of piperidine rings is 1. The predicted molar refractivity (Wildman–Crippen MR) is 156 cm³/mol. The van der Waals surface area contributed by atoms with Gasteiger partial charge in [-0.15, -0.1) is 0 Å². The zero-order valence-electron chi connectivity index (χ0n) is 22.8. The van der Waals surface area contributed by atoms with Crippen LogP contribution in [0.3, 0.4) is 0 Å². The fourth-order valence-corrected chi connectivity index (χ4v) is 5.68. The second-order valence-corrected chi connectivity index (χ2v) is 11.9. The van der Waals surface area contributed by atoms with Crippen molar-refractivity contribution in [3.05, 3.63) is 72.6 Å². The minimum atomic E-state index is -0.740. The van der Waals surface area contributed by atoms with Crippen molar-refractivity contribution >= 4 is 34.9 Å². The van der Waals surface area contributed by atoms with E-state index in [9.17, 15) is 9.90 Å². The second-order valence-electron chi connectivity index (χ2n) is 10.9. The van der Waals surface area contributed by atoms with E-state index in [1.165, 1.54) is 0 Å². The summed E-state index contributed by atoms with van der Waals surface area (Å²) in [6, 6.07) is 18.4. The highest BCUT2D eigenvalue weighted by Crippen LogP contribution is 2.37. The molecular weight excluding hydrogens is 510 g/mol. The van der Waals surface area contributed by atoms with Crippen molar-refractivity contribution < 1.29 is 14.6 Å². The average Bonchev–Trinajstić information content (AvgIpc) is 3.26. The first-order valence-electron chi connectivity index (χ1n) is 13.3. The van der Waals surface area contributed by atoms with Gasteiger partial charge in [-0.25, -0.2) is 14.8 Å². The Balaban J connectivity index is 1.45. The fourth-order valence-electron chi connectivity index (χ4n) is 4.76. The normalized spacial score (nSPS) is 16.7. The first-order valence-corrected chi connectivity index (χ1v) is 14.1. The molecule has 0 bridgehead atoms. The maximum Gasteiger partial charge on any atom is 0.410 e. The Hall–Kier alpha value is -3.56. The number of ether oxygens (including phenoxy) is 1. The molecule has 2 atom stereocenters. The lowest BCUT2D eigenvalue weighted by atomic mass is 10.0. The number of hydrogen-bond donors (Lipinski definition) is 2. The van der Waals surface area contributed by atoms with Gasteiger partial charge >= 0.3 is 6.09 Å². The van der Waals surface area contributed by atoms with Crippen molar-refractivity contribution in [1.29, 1.82) is 0 Å². The number of nitrogens with zero attached hydrogens (tertiary/aromatic N) is 4. The molecule has 1 aliphatic rings. The molecule has 1 amide bonds. The van der Waals surface area contributed by atoms with E-state index < -0.39 is 11.7 Å². The third-order valence-electron chi connectivity index (χ3n) is 6.55. The van der Waals surface area contributed by atoms with Crippen molar-refractivity contribution in [2.24, 2.45) is 0 Å². The molecule has 8 nitrogen and oxygen atoms in total. The third kappa shape index (κ3) is 6.37. The highest BCUT2D eigenvalue weighted by Gasteiger charge is 2.28. The summed E-state index contributed by atoms with van der Waals surface area (Å²) in [5.41, 5.74) is 2.79. The molecule has 3 heterocycles. The van der Waals surface area contributed by atoms with Crippen molar-refractivity contribution in [3.63, 3.8) is 0 Å². The number of aromatic nitrogens is 3. The molecule has 0 spiro atoms. The summed E-state index contributed by atoms with van der Waals surface area (Å²) in [6.07, 6.45) is 4.48. The van der Waals surface area contributed by atoms with E-state index in [4.69, 9.17) is 9.72 Å². The van der Waals surface area contributed by atoms with Crippen LogP contribution in [0, 0.1) is 0 Å². The number of hydrogen-bond acceptors (Lipinski definition) is 7. The van der Waals surface area contributed by atoms with Gasteiger partial charge in [0.25, 0.3) is 0 Å². The van der Waals surface area contributed by atoms with Crippen LogP contribution < -0.4 is 5.32 Å². The summed E-state index contributed by atoms with van der Waals surface area (Å²) in [5, 5.41) is 15.1. The number of aliphatic hydroxyl groups excluding tert-OH is 1. The zero-order chi connectivity index (χ0) is 27.6. The molecular formula is C30H35N5O3S. The van der Waals surface area contributed by atoms with Gasteiger partial charge in [0.1, 0.15) is 5.60 Å². The number of amides is 1. The molecule has 2 aromatic heterocycles. The molecule has 2 aromatic carbocycles. The average molecular weight is 546 g/mol. The van der Waals surface area contributed by atoms with Gasteiger partial charge in [-0.2, -0.15) is 0 Å². The van der Waals surface area contributed by atoms with Crippen LogP contribution in [0.1, 0.15) is 52.2 Å². The molecule has 204 valence electrons. The molecule has 1 fully saturated rings. The van der Waals surface area contributed by atoms with Crippen LogP contribution in [-0.4, -0.2) is 54.8 Å². The van der Waals surface area contributed by atoms with E-state index in [1.807, 2.05) is 51.1 Å². The number of para-hydroxylation sites is 1. The van der Waals surface area contributed by atoms with Crippen LogP contribution in [0.15, 0.2) is 71.9 Å². The highest BCUT2D eigenvalue weighted by atomic mass is 32.2. The summed E-state index contributed by atoms with van der Waals surface area (Å²) in [5.74, 6) is 0.470. The molecule has 9 heteroatoms. The smallest absolute Gasteiger partial charge is 0.410 e. The molecule has 2 N–H and O–H groups in total. The monoisotopic (exact) mass is 545 g/mol. The molecule has 0 radical (unpaired) electrons. The molecule has 39 heavy (non-hydrogen) atoms. The van der Waals surface area contributed by atoms with Crippen molar-refractivity contribution in [2.45, 2.75) is 63.2 Å². The number of aliphatic hydroxyl groups is 1. The maximum atomic E-state index is 12.6. The maximum absolute atomic E-state index is 12.6. The standard InChI is InChI=1S/C30H35N5O3S/c1-20(36)24-17-31-28(32-21-11-10-16-34(18-21)29(37)38-30(2,3)4)33-27(24)25-19-35(26-15-9-8-14-23(25)26)39-22-12-6-5-7-13-22/h5-9,12-15,17,19-21,36H,10-11,16,18H2,1-4H3,(H,31,32,33)/t20-,21-/m0/s1. The molecule has 4 aromatic rings. The fraction of sp³-hybridized carbons (Fsp3) is 0.367. The SMILES string of the molecule is C[C@H](O)c1cnc(N[C@H]2CCCN(C(=O)OC(C)(C)C)C2)nc1-c1cn(Sc2ccccc2)c2ccccc12. The molecule has 0 aliphatic carbocycles. The van der Waals surface area contributed by atoms with Gasteiger partial charge in [-0.3, -0.25) is 3.97 Å². The Bertz CT molecular complexity index is 1450. The minimum Gasteiger partial charge on any atom is -0.444 e. The lowest BCUT2D eigenvalue weighted by Crippen LogP contribution is -2.47. The van der Waals surface area contributed by atoms with E-state index in [0.29, 0.717) is 30.3 Å². The van der Waals surface area contributed by atoms with Crippen LogP contribution in [-0.2, 0) is 4.74 Å². The number of nitrogens with one attached hydrogen (secondary N) is 1. The second kappa shape index (κ2) is 11.3. The van der Waals surface area contributed by atoms with E-state index >= 15 is 0 Å². The number of carbonyl (C=O) groups excluding carboxylic acids is 1. The first-order chi connectivity index (χ1) is 18.7. The van der Waals surface area contributed by atoms with E-state index in [0.717, 1.165) is 34.2 Å². The predicted octanol–water partition coefficient (Wildman–Crippen LogP) is 6.52. The van der Waals surface area contributed by atoms with Crippen LogP contribution in [0.2, 0.25) is 0 Å². The van der Waals surface area contributed by atoms with Gasteiger partial charge in [0.2, 0.25) is 5.95 Å². The van der Waals surface area contributed by atoms with Crippen LogP contribution in [0.25, 0.3) is 22.2 Å². The lowest BCUT2D eigenvalue weighted by Gasteiger charge is -2.34. The van der Waals surface area contributed by atoms with E-state index in [-0.39, 0.29) is 12.1 Å². The van der Waals surface area contributed by atoms with E-state index in [2.05, 4.69) is 44.7 Å². The largest absolute Gasteiger partial charge is 0.444 e. The summed E-state index contributed by atoms with van der Waals surface area (Å²) < 4.78 is 7.72. The van der Waals surface area contributed by atoms with Crippen LogP contribution in [0.4, 0.5) is 10.7 Å². The third-order valence-corrected chi connectivity index (χ3v) is 7.54. The number of benzene rings is 2. The molecule has 0 saturated carbocycles. The Morgan fingerprint density at radius 3 is 2.64 bits per heavy atom. The molecule has 1 aliphatic heterocycles. The van der Waals surface area contributed by atoms with Crippen LogP contribution in [0.5, 0.6) is 0 Å². The lowest BCUT2D eigenvalue weighted by molar-refractivity contribution is 0.0206. The van der Waals surface area contributed by atoms with Gasteiger partial charge in [-0.05, 0) is 70.7 Å². The Labute approximate surface area is 233 Å². The summed E-state index contributed by atoms with van der Waals surface area (Å²) in [7, 11) is 0. The minimum absolute atomic E-state index is 0.00787. The Morgan fingerprint density at radius 1 is 1.15 bits per heavy atom. The molecule has 1 saturated heterocycles. The van der Waals surface area contributed by atoms with Crippen molar-refractivity contribution in [2.75, 3.05) is 18.4 Å². The number of anilines is 1. The van der Waals surface area contributed by atoms with Gasteiger partial charge in [0.15, 0.2) is 0 Å². The number of carbonyl (C=O) groups is 1. The molecule has 5 rings (SSSR count). The summed E-state index contributed by atoms with van der Waals surface area (Å²) in [4.78, 5) is 25.0. The Morgan fingerprint density at radius 2 is 1.90 bits per heavy atom. The highest BCUT2D eigenvalue weighted by molar-refractivity contribution is 7.98. The molecule has 0 unspecified atom stereocenters.